The number of fused-ring (bicyclic) bond motifs is 1. The van der Waals surface area contributed by atoms with Gasteiger partial charge >= 0.3 is 0 Å². The van der Waals surface area contributed by atoms with Gasteiger partial charge in [-0.05, 0) is 38.1 Å². The van der Waals surface area contributed by atoms with Crippen LogP contribution in [-0.4, -0.2) is 27.5 Å². The maximum Gasteiger partial charge on any atom is 0.249 e. The predicted molar refractivity (Wildman–Crippen MR) is 119 cm³/mol. The van der Waals surface area contributed by atoms with Gasteiger partial charge in [0.05, 0.1) is 12.1 Å². The van der Waals surface area contributed by atoms with Gasteiger partial charge in [-0.2, -0.15) is 5.10 Å². The van der Waals surface area contributed by atoms with Crippen LogP contribution >= 0.6 is 0 Å². The van der Waals surface area contributed by atoms with E-state index in [0.29, 0.717) is 17.2 Å². The zero-order valence-electron chi connectivity index (χ0n) is 17.5. The van der Waals surface area contributed by atoms with Crippen molar-refractivity contribution in [2.24, 2.45) is 0 Å². The normalized spacial score (nSPS) is 15.1. The highest BCUT2D eigenvalue weighted by molar-refractivity contribution is 6.02. The fourth-order valence-electron chi connectivity index (χ4n) is 3.59. The summed E-state index contributed by atoms with van der Waals surface area (Å²) in [6, 6.07) is 14.0. The van der Waals surface area contributed by atoms with Gasteiger partial charge in [0.2, 0.25) is 17.7 Å². The summed E-state index contributed by atoms with van der Waals surface area (Å²) < 4.78 is 1.59. The standard InChI is InChI=1S/C23H23N5O3/c1-13-4-6-16(7-5-13)21-14(2)22-26-20(30)12-19(28(22)27-21)23(31)25-18-10-8-17(9-11-18)24-15(3)29/h4-11,19H,12H2,1-3H3,(H,24,29)(H,25,31)(H,26,30)/t19-/m1/s1. The highest BCUT2D eigenvalue weighted by Crippen LogP contribution is 2.34. The third-order valence-electron chi connectivity index (χ3n) is 5.18. The Morgan fingerprint density at radius 1 is 1.00 bits per heavy atom. The molecule has 1 aliphatic rings. The Morgan fingerprint density at radius 3 is 2.23 bits per heavy atom. The van der Waals surface area contributed by atoms with Crippen molar-refractivity contribution in [1.82, 2.24) is 9.78 Å². The minimum absolute atomic E-state index is 0.00271. The molecule has 0 radical (unpaired) electrons. The van der Waals surface area contributed by atoms with Crippen molar-refractivity contribution in [3.05, 3.63) is 59.7 Å². The van der Waals surface area contributed by atoms with Crippen LogP contribution in [0, 0.1) is 13.8 Å². The fraction of sp³-hybridized carbons (Fsp3) is 0.217. The molecular weight excluding hydrogens is 394 g/mol. The molecular formula is C23H23N5O3. The second-order valence-corrected chi connectivity index (χ2v) is 7.65. The Kier molecular flexibility index (Phi) is 5.29. The van der Waals surface area contributed by atoms with Crippen molar-refractivity contribution in [3.8, 4) is 11.3 Å². The highest BCUT2D eigenvalue weighted by atomic mass is 16.2. The minimum Gasteiger partial charge on any atom is -0.326 e. The van der Waals surface area contributed by atoms with Gasteiger partial charge in [0, 0.05) is 29.4 Å². The third-order valence-corrected chi connectivity index (χ3v) is 5.18. The number of rotatable bonds is 4. The summed E-state index contributed by atoms with van der Waals surface area (Å²) in [5.74, 6) is -0.197. The van der Waals surface area contributed by atoms with Gasteiger partial charge in [-0.25, -0.2) is 4.68 Å². The van der Waals surface area contributed by atoms with Gasteiger partial charge < -0.3 is 16.0 Å². The Bertz CT molecular complexity index is 1160. The second kappa shape index (κ2) is 8.06. The maximum atomic E-state index is 13.0. The number of nitrogens with zero attached hydrogens (tertiary/aromatic N) is 2. The smallest absolute Gasteiger partial charge is 0.249 e. The van der Waals surface area contributed by atoms with Gasteiger partial charge in [0.1, 0.15) is 11.9 Å². The molecule has 0 bridgehead atoms. The van der Waals surface area contributed by atoms with Crippen molar-refractivity contribution in [2.45, 2.75) is 33.2 Å². The summed E-state index contributed by atoms with van der Waals surface area (Å²) in [6.07, 6.45) is -0.00271. The van der Waals surface area contributed by atoms with E-state index in [1.807, 2.05) is 38.1 Å². The van der Waals surface area contributed by atoms with Crippen LogP contribution in [0.5, 0.6) is 0 Å². The van der Waals surface area contributed by atoms with Crippen LogP contribution in [0.4, 0.5) is 17.2 Å². The molecule has 0 aliphatic carbocycles. The van der Waals surface area contributed by atoms with Gasteiger partial charge in [0.15, 0.2) is 0 Å². The SMILES string of the molecule is CC(=O)Nc1ccc(NC(=O)[C@H]2CC(=O)Nc3c(C)c(-c4ccc(C)cc4)nn32)cc1. The van der Waals surface area contributed by atoms with E-state index in [4.69, 9.17) is 0 Å². The van der Waals surface area contributed by atoms with Crippen LogP contribution in [0.3, 0.4) is 0 Å². The molecule has 158 valence electrons. The Morgan fingerprint density at radius 2 is 1.61 bits per heavy atom. The number of aromatic nitrogens is 2. The average Bonchev–Trinajstić information content (AvgIpc) is 3.05. The maximum absolute atomic E-state index is 13.0. The predicted octanol–water partition coefficient (Wildman–Crippen LogP) is 3.65. The average molecular weight is 417 g/mol. The van der Waals surface area contributed by atoms with E-state index in [0.717, 1.165) is 22.4 Å². The van der Waals surface area contributed by atoms with E-state index in [-0.39, 0.29) is 24.1 Å². The Hall–Kier alpha value is -3.94. The first-order valence-corrected chi connectivity index (χ1v) is 9.96. The molecule has 8 nitrogen and oxygen atoms in total. The summed E-state index contributed by atoms with van der Waals surface area (Å²) >= 11 is 0. The van der Waals surface area contributed by atoms with Crippen LogP contribution in [0.1, 0.15) is 30.5 Å². The first kappa shape index (κ1) is 20.3. The van der Waals surface area contributed by atoms with Crippen molar-refractivity contribution in [1.29, 1.82) is 0 Å². The zero-order valence-corrected chi connectivity index (χ0v) is 17.5. The first-order chi connectivity index (χ1) is 14.8. The topological polar surface area (TPSA) is 105 Å². The van der Waals surface area contributed by atoms with E-state index in [9.17, 15) is 14.4 Å². The molecule has 3 aromatic rings. The number of hydrogen-bond acceptors (Lipinski definition) is 4. The van der Waals surface area contributed by atoms with Crippen molar-refractivity contribution >= 4 is 34.9 Å². The molecule has 0 unspecified atom stereocenters. The quantitative estimate of drug-likeness (QED) is 0.603. The van der Waals surface area contributed by atoms with Crippen LogP contribution in [0.2, 0.25) is 0 Å². The number of carbonyl (C=O) groups is 3. The van der Waals surface area contributed by atoms with Gasteiger partial charge in [0.25, 0.3) is 0 Å². The summed E-state index contributed by atoms with van der Waals surface area (Å²) in [4.78, 5) is 36.5. The Balaban J connectivity index is 1.60. The van der Waals surface area contributed by atoms with E-state index in [2.05, 4.69) is 21.0 Å². The molecule has 31 heavy (non-hydrogen) atoms. The van der Waals surface area contributed by atoms with Crippen LogP contribution < -0.4 is 16.0 Å². The molecule has 1 aromatic heterocycles. The number of benzene rings is 2. The molecule has 0 saturated carbocycles. The lowest BCUT2D eigenvalue weighted by molar-refractivity contribution is -0.125. The number of anilines is 3. The number of hydrogen-bond donors (Lipinski definition) is 3. The van der Waals surface area contributed by atoms with Crippen LogP contribution in [0.25, 0.3) is 11.3 Å². The molecule has 2 heterocycles. The lowest BCUT2D eigenvalue weighted by Gasteiger charge is -2.24. The van der Waals surface area contributed by atoms with E-state index in [1.54, 1.807) is 28.9 Å². The number of aryl methyl sites for hydroxylation is 1. The van der Waals surface area contributed by atoms with Gasteiger partial charge in [-0.3, -0.25) is 14.4 Å². The summed E-state index contributed by atoms with van der Waals surface area (Å²) in [7, 11) is 0. The molecule has 3 amide bonds. The van der Waals surface area contributed by atoms with E-state index < -0.39 is 6.04 Å². The van der Waals surface area contributed by atoms with E-state index >= 15 is 0 Å². The molecule has 1 atom stereocenters. The number of nitrogens with one attached hydrogen (secondary N) is 3. The summed E-state index contributed by atoms with van der Waals surface area (Å²) in [5.41, 5.74) is 4.81. The molecule has 3 N–H and O–H groups in total. The number of carbonyl (C=O) groups excluding carboxylic acids is 3. The van der Waals surface area contributed by atoms with Gasteiger partial charge in [-0.1, -0.05) is 29.8 Å². The van der Waals surface area contributed by atoms with Crippen molar-refractivity contribution < 1.29 is 14.4 Å². The molecule has 0 fully saturated rings. The Labute approximate surface area is 179 Å². The monoisotopic (exact) mass is 417 g/mol. The van der Waals surface area contributed by atoms with Crippen molar-refractivity contribution in [2.75, 3.05) is 16.0 Å². The number of amides is 3. The third kappa shape index (κ3) is 4.18. The molecule has 8 heteroatoms. The van der Waals surface area contributed by atoms with Crippen LogP contribution in [-0.2, 0) is 14.4 Å². The summed E-state index contributed by atoms with van der Waals surface area (Å²) in [5, 5.41) is 13.0. The van der Waals surface area contributed by atoms with Gasteiger partial charge in [-0.15, -0.1) is 0 Å². The largest absolute Gasteiger partial charge is 0.326 e. The molecule has 0 saturated heterocycles. The first-order valence-electron chi connectivity index (χ1n) is 9.96. The minimum atomic E-state index is -0.767. The van der Waals surface area contributed by atoms with Crippen molar-refractivity contribution in [3.63, 3.8) is 0 Å². The lowest BCUT2D eigenvalue weighted by atomic mass is 10.1. The fourth-order valence-corrected chi connectivity index (χ4v) is 3.59. The molecule has 0 spiro atoms. The van der Waals surface area contributed by atoms with Crippen LogP contribution in [0.15, 0.2) is 48.5 Å². The zero-order chi connectivity index (χ0) is 22.1. The summed E-state index contributed by atoms with van der Waals surface area (Å²) in [6.45, 7) is 5.33. The highest BCUT2D eigenvalue weighted by Gasteiger charge is 2.34. The second-order valence-electron chi connectivity index (χ2n) is 7.65. The lowest BCUT2D eigenvalue weighted by Crippen LogP contribution is -2.35. The van der Waals surface area contributed by atoms with E-state index in [1.165, 1.54) is 6.92 Å². The molecule has 2 aromatic carbocycles. The molecule has 1 aliphatic heterocycles. The molecule has 4 rings (SSSR count).